The first-order chi connectivity index (χ1) is 11.2. The normalized spacial score (nSPS) is 12.6. The summed E-state index contributed by atoms with van der Waals surface area (Å²) in [5, 5.41) is 2.74. The van der Waals surface area contributed by atoms with E-state index >= 15 is 0 Å². The molecule has 0 atom stereocenters. The van der Waals surface area contributed by atoms with Crippen molar-refractivity contribution in [2.45, 2.75) is 6.54 Å². The fourth-order valence-electron chi connectivity index (χ4n) is 2.33. The molecule has 0 radical (unpaired) electrons. The van der Waals surface area contributed by atoms with E-state index in [-0.39, 0.29) is 12.1 Å². The molecule has 1 amide bonds. The number of rotatable bonds is 4. The summed E-state index contributed by atoms with van der Waals surface area (Å²) in [6, 6.07) is 9.29. The molecule has 6 heteroatoms. The van der Waals surface area contributed by atoms with Crippen LogP contribution in [0.2, 0.25) is 0 Å². The second-order valence-corrected chi connectivity index (χ2v) is 5.01. The Hall–Kier alpha value is -2.76. The fraction of sp³-hybridized carbons (Fsp3) is 0.235. The van der Waals surface area contributed by atoms with Gasteiger partial charge in [-0.1, -0.05) is 6.07 Å². The average molecular weight is 317 g/mol. The molecule has 2 aromatic rings. The van der Waals surface area contributed by atoms with Crippen LogP contribution < -0.4 is 19.5 Å². The topological polar surface area (TPSA) is 56.8 Å². The van der Waals surface area contributed by atoms with Crippen molar-refractivity contribution in [3.63, 3.8) is 0 Å². The third kappa shape index (κ3) is 3.36. The number of ether oxygens (including phenoxy) is 3. The number of nitrogens with one attached hydrogen (secondary N) is 1. The minimum Gasteiger partial charge on any atom is -0.496 e. The van der Waals surface area contributed by atoms with Crippen LogP contribution in [-0.4, -0.2) is 26.2 Å². The molecule has 3 rings (SSSR count). The first-order valence-electron chi connectivity index (χ1n) is 7.17. The van der Waals surface area contributed by atoms with E-state index in [2.05, 4.69) is 5.32 Å². The molecule has 120 valence electrons. The van der Waals surface area contributed by atoms with Crippen LogP contribution in [0.5, 0.6) is 17.2 Å². The molecular weight excluding hydrogens is 301 g/mol. The quantitative estimate of drug-likeness (QED) is 0.941. The predicted octanol–water partition coefficient (Wildman–Crippen LogP) is 2.54. The van der Waals surface area contributed by atoms with Gasteiger partial charge in [0.15, 0.2) is 11.5 Å². The van der Waals surface area contributed by atoms with Crippen LogP contribution in [0.15, 0.2) is 36.4 Å². The molecule has 0 bridgehead atoms. The monoisotopic (exact) mass is 317 g/mol. The van der Waals surface area contributed by atoms with E-state index in [1.807, 2.05) is 12.1 Å². The Morgan fingerprint density at radius 3 is 2.74 bits per heavy atom. The summed E-state index contributed by atoms with van der Waals surface area (Å²) in [5.74, 6) is 0.780. The zero-order valence-electron chi connectivity index (χ0n) is 12.6. The lowest BCUT2D eigenvalue weighted by atomic mass is 10.1. The van der Waals surface area contributed by atoms with E-state index in [9.17, 15) is 9.18 Å². The Morgan fingerprint density at radius 2 is 1.96 bits per heavy atom. The summed E-state index contributed by atoms with van der Waals surface area (Å²) < 4.78 is 29.4. The van der Waals surface area contributed by atoms with Gasteiger partial charge in [0.1, 0.15) is 24.8 Å². The Morgan fingerprint density at radius 1 is 1.17 bits per heavy atom. The number of hydrogen-bond donors (Lipinski definition) is 1. The van der Waals surface area contributed by atoms with Gasteiger partial charge in [0.2, 0.25) is 0 Å². The first-order valence-corrected chi connectivity index (χ1v) is 7.17. The summed E-state index contributed by atoms with van der Waals surface area (Å²) in [5.41, 5.74) is 1.02. The molecule has 1 N–H and O–H groups in total. The maximum Gasteiger partial charge on any atom is 0.255 e. The van der Waals surface area contributed by atoms with Crippen molar-refractivity contribution >= 4 is 5.91 Å². The minimum absolute atomic E-state index is 0.157. The highest BCUT2D eigenvalue weighted by atomic mass is 19.1. The van der Waals surface area contributed by atoms with Crippen molar-refractivity contribution < 1.29 is 23.4 Å². The zero-order chi connectivity index (χ0) is 16.2. The molecular formula is C17H16FNO4. The van der Waals surface area contributed by atoms with Gasteiger partial charge in [-0.25, -0.2) is 4.39 Å². The number of halogens is 1. The lowest BCUT2D eigenvalue weighted by molar-refractivity contribution is 0.0947. The molecule has 0 fully saturated rings. The Labute approximate surface area is 133 Å². The van der Waals surface area contributed by atoms with Crippen molar-refractivity contribution in [3.8, 4) is 17.2 Å². The highest BCUT2D eigenvalue weighted by Crippen LogP contribution is 2.30. The van der Waals surface area contributed by atoms with Crippen LogP contribution in [0.25, 0.3) is 0 Å². The van der Waals surface area contributed by atoms with E-state index in [0.717, 1.165) is 11.6 Å². The second-order valence-electron chi connectivity index (χ2n) is 5.01. The number of carbonyl (C=O) groups excluding carboxylic acids is 1. The third-order valence-electron chi connectivity index (χ3n) is 3.47. The van der Waals surface area contributed by atoms with E-state index in [1.165, 1.54) is 19.2 Å². The van der Waals surface area contributed by atoms with Crippen molar-refractivity contribution in [3.05, 3.63) is 53.3 Å². The lowest BCUT2D eigenvalue weighted by Gasteiger charge is -2.19. The lowest BCUT2D eigenvalue weighted by Crippen LogP contribution is -2.23. The van der Waals surface area contributed by atoms with Gasteiger partial charge in [-0.3, -0.25) is 4.79 Å². The largest absolute Gasteiger partial charge is 0.496 e. The maximum atomic E-state index is 13.3. The van der Waals surface area contributed by atoms with E-state index < -0.39 is 11.7 Å². The molecule has 1 aliphatic heterocycles. The molecule has 0 unspecified atom stereocenters. The minimum atomic E-state index is -0.490. The standard InChI is InChI=1S/C17H16FNO4/c1-21-14-5-3-12(18)9-13(14)17(20)19-10-11-2-4-15-16(8-11)23-7-6-22-15/h2-5,8-9H,6-7,10H2,1H3,(H,19,20). The number of hydrogen-bond acceptors (Lipinski definition) is 4. The summed E-state index contributed by atoms with van der Waals surface area (Å²) in [4.78, 5) is 12.2. The molecule has 0 aliphatic carbocycles. The smallest absolute Gasteiger partial charge is 0.255 e. The van der Waals surface area contributed by atoms with E-state index in [4.69, 9.17) is 14.2 Å². The van der Waals surface area contributed by atoms with Gasteiger partial charge in [-0.05, 0) is 35.9 Å². The van der Waals surface area contributed by atoms with Gasteiger partial charge in [-0.2, -0.15) is 0 Å². The molecule has 2 aromatic carbocycles. The van der Waals surface area contributed by atoms with Crippen LogP contribution >= 0.6 is 0 Å². The van der Waals surface area contributed by atoms with Gasteiger partial charge in [0.25, 0.3) is 5.91 Å². The first kappa shape index (κ1) is 15.1. The van der Waals surface area contributed by atoms with Gasteiger partial charge in [-0.15, -0.1) is 0 Å². The Balaban J connectivity index is 1.71. The predicted molar refractivity (Wildman–Crippen MR) is 81.6 cm³/mol. The average Bonchev–Trinajstić information content (AvgIpc) is 2.59. The maximum absolute atomic E-state index is 13.3. The molecule has 0 aromatic heterocycles. The van der Waals surface area contributed by atoms with Crippen LogP contribution in [0.1, 0.15) is 15.9 Å². The van der Waals surface area contributed by atoms with Crippen LogP contribution in [0, 0.1) is 5.82 Å². The Kier molecular flexibility index (Phi) is 4.32. The Bertz CT molecular complexity index is 733. The summed E-state index contributed by atoms with van der Waals surface area (Å²) in [6.45, 7) is 1.32. The zero-order valence-corrected chi connectivity index (χ0v) is 12.6. The number of fused-ring (bicyclic) bond motifs is 1. The SMILES string of the molecule is COc1ccc(F)cc1C(=O)NCc1ccc2c(c1)OCCO2. The van der Waals surface area contributed by atoms with Gasteiger partial charge in [0, 0.05) is 6.54 Å². The summed E-state index contributed by atoms with van der Waals surface area (Å²) >= 11 is 0. The molecule has 23 heavy (non-hydrogen) atoms. The summed E-state index contributed by atoms with van der Waals surface area (Å²) in [6.07, 6.45) is 0. The van der Waals surface area contributed by atoms with Crippen molar-refractivity contribution in [2.24, 2.45) is 0 Å². The number of carbonyl (C=O) groups is 1. The molecule has 1 aliphatic rings. The number of methoxy groups -OCH3 is 1. The highest BCUT2D eigenvalue weighted by Gasteiger charge is 2.15. The van der Waals surface area contributed by atoms with Gasteiger partial charge in [0.05, 0.1) is 12.7 Å². The van der Waals surface area contributed by atoms with Crippen molar-refractivity contribution in [1.29, 1.82) is 0 Å². The highest BCUT2D eigenvalue weighted by molar-refractivity contribution is 5.96. The molecule has 5 nitrogen and oxygen atoms in total. The van der Waals surface area contributed by atoms with Crippen LogP contribution in [-0.2, 0) is 6.54 Å². The summed E-state index contributed by atoms with van der Waals surface area (Å²) in [7, 11) is 1.44. The van der Waals surface area contributed by atoms with Gasteiger partial charge >= 0.3 is 0 Å². The van der Waals surface area contributed by atoms with Crippen molar-refractivity contribution in [1.82, 2.24) is 5.32 Å². The molecule has 1 heterocycles. The molecule has 0 saturated heterocycles. The van der Waals surface area contributed by atoms with E-state index in [1.54, 1.807) is 6.07 Å². The number of amides is 1. The number of benzene rings is 2. The van der Waals surface area contributed by atoms with E-state index in [0.29, 0.717) is 30.5 Å². The van der Waals surface area contributed by atoms with Gasteiger partial charge < -0.3 is 19.5 Å². The molecule has 0 saturated carbocycles. The molecule has 0 spiro atoms. The third-order valence-corrected chi connectivity index (χ3v) is 3.47. The van der Waals surface area contributed by atoms with Crippen molar-refractivity contribution in [2.75, 3.05) is 20.3 Å². The fourth-order valence-corrected chi connectivity index (χ4v) is 2.33. The van der Waals surface area contributed by atoms with Crippen LogP contribution in [0.3, 0.4) is 0 Å². The van der Waals surface area contributed by atoms with Crippen LogP contribution in [0.4, 0.5) is 4.39 Å². The second kappa shape index (κ2) is 6.56.